The van der Waals surface area contributed by atoms with Crippen molar-refractivity contribution in [3.63, 3.8) is 0 Å². The van der Waals surface area contributed by atoms with Gasteiger partial charge >= 0.3 is 0 Å². The fourth-order valence-electron chi connectivity index (χ4n) is 3.31. The molecule has 0 aliphatic carbocycles. The number of aliphatic hydroxyl groups is 1. The molecule has 3 aromatic rings. The minimum atomic E-state index is -0.668. The average Bonchev–Trinajstić information content (AvgIpc) is 3.41. The summed E-state index contributed by atoms with van der Waals surface area (Å²) in [6, 6.07) is 2.27. The van der Waals surface area contributed by atoms with Crippen molar-refractivity contribution in [1.29, 1.82) is 0 Å². The van der Waals surface area contributed by atoms with Crippen LogP contribution in [0.3, 0.4) is 0 Å². The van der Waals surface area contributed by atoms with Gasteiger partial charge < -0.3 is 15.6 Å². The molecule has 3 aromatic heterocycles. The van der Waals surface area contributed by atoms with Gasteiger partial charge in [0.15, 0.2) is 0 Å². The van der Waals surface area contributed by atoms with Crippen LogP contribution in [0.1, 0.15) is 38.4 Å². The van der Waals surface area contributed by atoms with Crippen molar-refractivity contribution in [1.82, 2.24) is 24.4 Å². The molecule has 0 spiro atoms. The zero-order chi connectivity index (χ0) is 21.5. The second-order valence-corrected chi connectivity index (χ2v) is 7.04. The number of methoxy groups -OCH3 is 1. The topological polar surface area (TPSA) is 116 Å². The van der Waals surface area contributed by atoms with Crippen LogP contribution in [0.4, 0.5) is 0 Å². The number of nitrogens with zero attached hydrogens (tertiary/aromatic N) is 6. The number of rotatable bonds is 10. The number of nitrogens with two attached hydrogens (primary N) is 1. The molecule has 3 N–H and O–H groups in total. The van der Waals surface area contributed by atoms with Gasteiger partial charge in [0, 0.05) is 36.9 Å². The molecule has 1 atom stereocenters. The second-order valence-electron chi connectivity index (χ2n) is 7.04. The van der Waals surface area contributed by atoms with E-state index in [-0.39, 0.29) is 13.2 Å². The van der Waals surface area contributed by atoms with Crippen LogP contribution in [0, 0.1) is 0 Å². The molecule has 30 heavy (non-hydrogen) atoms. The highest BCUT2D eigenvalue weighted by Gasteiger charge is 2.15. The van der Waals surface area contributed by atoms with Crippen molar-refractivity contribution < 1.29 is 9.84 Å². The summed E-state index contributed by atoms with van der Waals surface area (Å²) < 4.78 is 8.68. The van der Waals surface area contributed by atoms with Crippen LogP contribution in [-0.2, 0) is 4.74 Å². The van der Waals surface area contributed by atoms with Crippen LogP contribution < -0.4 is 5.73 Å². The molecule has 0 fully saturated rings. The van der Waals surface area contributed by atoms with Crippen molar-refractivity contribution in [2.24, 2.45) is 10.7 Å². The third-order valence-electron chi connectivity index (χ3n) is 4.96. The van der Waals surface area contributed by atoms with Gasteiger partial charge in [-0.1, -0.05) is 13.8 Å². The summed E-state index contributed by atoms with van der Waals surface area (Å²) in [7, 11) is 1.54. The lowest BCUT2D eigenvalue weighted by atomic mass is 10.1. The molecule has 9 heteroatoms. The predicted octanol–water partition coefficient (Wildman–Crippen LogP) is 2.33. The molecular formula is C21H29N7O2. The molecule has 9 nitrogen and oxygen atoms in total. The Kier molecular flexibility index (Phi) is 7.31. The first-order valence-electron chi connectivity index (χ1n) is 10.1. The number of allylic oxidation sites excluding steroid dienone is 1. The van der Waals surface area contributed by atoms with Gasteiger partial charge in [0.05, 0.1) is 60.8 Å². The van der Waals surface area contributed by atoms with E-state index in [1.54, 1.807) is 23.1 Å². The molecule has 0 aromatic carbocycles. The normalized spacial score (nSPS) is 13.7. The first-order valence-corrected chi connectivity index (χ1v) is 10.1. The summed E-state index contributed by atoms with van der Waals surface area (Å²) >= 11 is 0. The van der Waals surface area contributed by atoms with Crippen LogP contribution in [0.25, 0.3) is 22.3 Å². The highest BCUT2D eigenvalue weighted by molar-refractivity contribution is 6.09. The van der Waals surface area contributed by atoms with E-state index in [2.05, 4.69) is 29.0 Å². The minimum Gasteiger partial charge on any atom is -0.404 e. The molecule has 0 saturated heterocycles. The van der Waals surface area contributed by atoms with Crippen molar-refractivity contribution in [2.75, 3.05) is 20.3 Å². The van der Waals surface area contributed by atoms with Gasteiger partial charge in [-0.2, -0.15) is 10.2 Å². The fraction of sp³-hybridized carbons (Fsp3) is 0.429. The SMILES string of the molecule is CCC(CC)n1cc(-c2nc(C(C=NCC(O)COC)=CN)cn3nccc23)cn1. The van der Waals surface area contributed by atoms with Gasteiger partial charge in [-0.15, -0.1) is 0 Å². The third-order valence-corrected chi connectivity index (χ3v) is 4.96. The Labute approximate surface area is 175 Å². The molecule has 160 valence electrons. The lowest BCUT2D eigenvalue weighted by molar-refractivity contribution is 0.0706. The number of aromatic nitrogens is 5. The smallest absolute Gasteiger partial charge is 0.0999 e. The van der Waals surface area contributed by atoms with Gasteiger partial charge in [0.2, 0.25) is 0 Å². The summed E-state index contributed by atoms with van der Waals surface area (Å²) in [6.45, 7) is 4.75. The zero-order valence-electron chi connectivity index (χ0n) is 17.6. The highest BCUT2D eigenvalue weighted by Crippen LogP contribution is 2.26. The fourth-order valence-corrected chi connectivity index (χ4v) is 3.31. The third kappa shape index (κ3) is 4.74. The Morgan fingerprint density at radius 1 is 1.30 bits per heavy atom. The van der Waals surface area contributed by atoms with Gasteiger partial charge in [-0.25, -0.2) is 9.50 Å². The maximum atomic E-state index is 9.77. The van der Waals surface area contributed by atoms with Crippen LogP contribution in [-0.4, -0.2) is 62.1 Å². The summed E-state index contributed by atoms with van der Waals surface area (Å²) in [4.78, 5) is 9.10. The summed E-state index contributed by atoms with van der Waals surface area (Å²) in [5.41, 5.74) is 9.67. The van der Waals surface area contributed by atoms with Crippen LogP contribution in [0.5, 0.6) is 0 Å². The number of hydrogen-bond donors (Lipinski definition) is 2. The maximum Gasteiger partial charge on any atom is 0.0999 e. The lowest BCUT2D eigenvalue weighted by Crippen LogP contribution is -2.17. The van der Waals surface area contributed by atoms with Crippen molar-refractivity contribution >= 4 is 17.3 Å². The largest absolute Gasteiger partial charge is 0.404 e. The van der Waals surface area contributed by atoms with Crippen molar-refractivity contribution in [3.05, 3.63) is 42.7 Å². The van der Waals surface area contributed by atoms with Crippen LogP contribution in [0.15, 0.2) is 42.0 Å². The highest BCUT2D eigenvalue weighted by atomic mass is 16.5. The molecule has 0 saturated carbocycles. The molecule has 0 amide bonds. The van der Waals surface area contributed by atoms with Gasteiger partial charge in [-0.3, -0.25) is 9.67 Å². The molecule has 1 unspecified atom stereocenters. The Morgan fingerprint density at radius 2 is 2.10 bits per heavy atom. The standard InChI is InChI=1S/C21H29N7O2/c1-4-17(5-2)27-12-16(10-25-27)21-20-6-7-24-28(20)13-19(26-21)15(8-22)9-23-11-18(29)14-30-3/h6-10,12-13,17-18,29H,4-5,11,14,22H2,1-3H3. The Balaban J connectivity index is 1.95. The average molecular weight is 412 g/mol. The summed E-state index contributed by atoms with van der Waals surface area (Å²) in [5.74, 6) is 0. The van der Waals surface area contributed by atoms with E-state index in [1.165, 1.54) is 13.3 Å². The number of hydrogen-bond acceptors (Lipinski definition) is 7. The second kappa shape index (κ2) is 10.1. The Morgan fingerprint density at radius 3 is 2.80 bits per heavy atom. The van der Waals surface area contributed by atoms with E-state index in [1.807, 2.05) is 23.1 Å². The van der Waals surface area contributed by atoms with E-state index in [0.29, 0.717) is 17.3 Å². The van der Waals surface area contributed by atoms with E-state index in [4.69, 9.17) is 15.5 Å². The number of aliphatic hydroxyl groups excluding tert-OH is 1. The number of aliphatic imine (C=N–C) groups is 1. The molecule has 0 bridgehead atoms. The van der Waals surface area contributed by atoms with Gasteiger partial charge in [0.25, 0.3) is 0 Å². The molecule has 0 radical (unpaired) electrons. The van der Waals surface area contributed by atoms with Crippen LogP contribution >= 0.6 is 0 Å². The maximum absolute atomic E-state index is 9.77. The quantitative estimate of drug-likeness (QED) is 0.495. The van der Waals surface area contributed by atoms with E-state index >= 15 is 0 Å². The predicted molar refractivity (Wildman–Crippen MR) is 117 cm³/mol. The summed E-state index contributed by atoms with van der Waals surface area (Å²) in [5, 5.41) is 18.7. The lowest BCUT2D eigenvalue weighted by Gasteiger charge is -2.12. The zero-order valence-corrected chi connectivity index (χ0v) is 17.6. The molecule has 3 rings (SSSR count). The van der Waals surface area contributed by atoms with Crippen molar-refractivity contribution in [3.8, 4) is 11.3 Å². The molecule has 3 heterocycles. The van der Waals surface area contributed by atoms with Crippen LogP contribution in [0.2, 0.25) is 0 Å². The number of fused-ring (bicyclic) bond motifs is 1. The Hall–Kier alpha value is -3.04. The Bertz CT molecular complexity index is 1020. The monoisotopic (exact) mass is 411 g/mol. The van der Waals surface area contributed by atoms with Gasteiger partial charge in [-0.05, 0) is 18.9 Å². The van der Waals surface area contributed by atoms with Crippen molar-refractivity contribution in [2.45, 2.75) is 38.8 Å². The first kappa shape index (κ1) is 21.7. The first-order chi connectivity index (χ1) is 14.6. The molecule has 0 aliphatic rings. The number of ether oxygens (including phenoxy) is 1. The molecule has 0 aliphatic heterocycles. The van der Waals surface area contributed by atoms with E-state index < -0.39 is 6.10 Å². The molecular weight excluding hydrogens is 382 g/mol. The minimum absolute atomic E-state index is 0.213. The van der Waals surface area contributed by atoms with E-state index in [9.17, 15) is 5.11 Å². The summed E-state index contributed by atoms with van der Waals surface area (Å²) in [6.07, 6.45) is 11.8. The van der Waals surface area contributed by atoms with E-state index in [0.717, 1.165) is 29.6 Å². The van der Waals surface area contributed by atoms with Gasteiger partial charge in [0.1, 0.15) is 0 Å².